The molecule has 0 saturated carbocycles. The van der Waals surface area contributed by atoms with Crippen molar-refractivity contribution < 1.29 is 9.59 Å². The summed E-state index contributed by atoms with van der Waals surface area (Å²) in [7, 11) is 0. The molecule has 0 rings (SSSR count). The van der Waals surface area contributed by atoms with E-state index in [2.05, 4.69) is 15.4 Å². The summed E-state index contributed by atoms with van der Waals surface area (Å²) in [4.78, 5) is 18.3. The van der Waals surface area contributed by atoms with E-state index in [-0.39, 0.29) is 6.41 Å². The van der Waals surface area contributed by atoms with Crippen molar-refractivity contribution in [2.75, 3.05) is 0 Å². The number of carbonyl (C=O) groups is 1. The minimum atomic E-state index is 0.167. The molecule has 0 fully saturated rings. The normalized spacial score (nSPS) is 8.00. The maximum Gasteiger partial charge on any atom is 0.261 e. The van der Waals surface area contributed by atoms with E-state index in [1.54, 1.807) is 0 Å². The van der Waals surface area contributed by atoms with Gasteiger partial charge in [-0.3, -0.25) is 4.79 Å². The van der Waals surface area contributed by atoms with Gasteiger partial charge in [-0.15, -0.1) is 0 Å². The van der Waals surface area contributed by atoms with Crippen LogP contribution in [-0.4, -0.2) is 12.5 Å². The van der Waals surface area contributed by atoms with Gasteiger partial charge < -0.3 is 0 Å². The zero-order valence-corrected chi connectivity index (χ0v) is 3.24. The first-order chi connectivity index (χ1) is 3.41. The van der Waals surface area contributed by atoms with Gasteiger partial charge in [0, 0.05) is 0 Å². The average molecular weight is 99.0 g/mol. The monoisotopic (exact) mass is 99.0 g/mol. The van der Waals surface area contributed by atoms with E-state index in [1.165, 1.54) is 0 Å². The van der Waals surface area contributed by atoms with Gasteiger partial charge in [0.15, 0.2) is 0 Å². The van der Waals surface area contributed by atoms with Crippen molar-refractivity contribution in [3.63, 3.8) is 0 Å². The highest BCUT2D eigenvalue weighted by molar-refractivity contribution is 5.45. The third kappa shape index (κ3) is 4.65. The Hall–Kier alpha value is -1.35. The molecule has 0 heterocycles. The van der Waals surface area contributed by atoms with Crippen LogP contribution >= 0.6 is 0 Å². The van der Waals surface area contributed by atoms with Crippen molar-refractivity contribution in [1.82, 2.24) is 0 Å². The number of amides is 1. The SMILES string of the molecule is O=C=NN=NC=O. The van der Waals surface area contributed by atoms with Crippen molar-refractivity contribution in [1.29, 1.82) is 0 Å². The van der Waals surface area contributed by atoms with Crippen molar-refractivity contribution in [2.24, 2.45) is 15.4 Å². The number of carbonyl (C=O) groups excluding carboxylic acids is 2. The summed E-state index contributed by atoms with van der Waals surface area (Å²) in [6.07, 6.45) is 1.23. The van der Waals surface area contributed by atoms with E-state index in [0.29, 0.717) is 0 Å². The molecule has 0 bridgehead atoms. The van der Waals surface area contributed by atoms with Crippen LogP contribution in [0.15, 0.2) is 15.4 Å². The summed E-state index contributed by atoms with van der Waals surface area (Å²) >= 11 is 0. The Morgan fingerprint density at radius 2 is 2.29 bits per heavy atom. The summed E-state index contributed by atoms with van der Waals surface area (Å²) in [6, 6.07) is 0. The number of rotatable bonds is 2. The third-order valence-electron chi connectivity index (χ3n) is 0.184. The molecule has 5 heteroatoms. The van der Waals surface area contributed by atoms with Crippen LogP contribution in [0, 0.1) is 0 Å². The summed E-state index contributed by atoms with van der Waals surface area (Å²) in [5.41, 5.74) is 0. The van der Waals surface area contributed by atoms with Gasteiger partial charge in [-0.25, -0.2) is 4.79 Å². The average Bonchev–Trinajstić information content (AvgIpc) is 1.69. The van der Waals surface area contributed by atoms with E-state index in [9.17, 15) is 4.79 Å². The van der Waals surface area contributed by atoms with Crippen molar-refractivity contribution in [3.8, 4) is 0 Å². The molecule has 0 aliphatic rings. The Labute approximate surface area is 38.7 Å². The van der Waals surface area contributed by atoms with Crippen LogP contribution in [0.25, 0.3) is 0 Å². The number of nitrogens with zero attached hydrogens (tertiary/aromatic N) is 3. The second kappa shape index (κ2) is 4.65. The first-order valence-electron chi connectivity index (χ1n) is 1.32. The molecule has 0 aliphatic heterocycles. The fourth-order valence-electron chi connectivity index (χ4n) is 0.0652. The number of hydrogen-bond donors (Lipinski definition) is 0. The predicted molar refractivity (Wildman–Crippen MR) is 19.0 cm³/mol. The topological polar surface area (TPSA) is 71.2 Å². The molecular formula is C2HN3O2. The summed E-state index contributed by atoms with van der Waals surface area (Å²) < 4.78 is 0. The highest BCUT2D eigenvalue weighted by Gasteiger charge is 1.57. The Balaban J connectivity index is 3.47. The van der Waals surface area contributed by atoms with E-state index in [1.807, 2.05) is 0 Å². The molecule has 0 aromatic heterocycles. The van der Waals surface area contributed by atoms with Crippen molar-refractivity contribution in [2.45, 2.75) is 0 Å². The predicted octanol–water partition coefficient (Wildman–Crippen LogP) is -0.154. The second-order valence-electron chi connectivity index (χ2n) is 0.502. The zero-order chi connectivity index (χ0) is 5.54. The summed E-state index contributed by atoms with van der Waals surface area (Å²) in [5, 5.41) is 7.93. The molecule has 0 N–H and O–H groups in total. The van der Waals surface area contributed by atoms with E-state index in [0.717, 1.165) is 6.08 Å². The van der Waals surface area contributed by atoms with Crippen molar-refractivity contribution in [3.05, 3.63) is 0 Å². The molecule has 7 heavy (non-hydrogen) atoms. The van der Waals surface area contributed by atoms with Crippen LogP contribution in [0.4, 0.5) is 0 Å². The smallest absolute Gasteiger partial charge is 0.261 e. The maximum atomic E-state index is 9.23. The molecule has 0 radical (unpaired) electrons. The maximum absolute atomic E-state index is 9.23. The van der Waals surface area contributed by atoms with Gasteiger partial charge in [-0.2, -0.15) is 0 Å². The highest BCUT2D eigenvalue weighted by Crippen LogP contribution is 1.64. The number of isocyanates is 1. The van der Waals surface area contributed by atoms with Gasteiger partial charge in [-0.1, -0.05) is 5.11 Å². The number of hydrogen-bond acceptors (Lipinski definition) is 3. The lowest BCUT2D eigenvalue weighted by molar-refractivity contribution is -0.107. The third-order valence-corrected chi connectivity index (χ3v) is 0.184. The fourth-order valence-corrected chi connectivity index (χ4v) is 0.0652. The van der Waals surface area contributed by atoms with Gasteiger partial charge in [0.2, 0.25) is 0 Å². The van der Waals surface area contributed by atoms with Crippen LogP contribution in [0.3, 0.4) is 0 Å². The first-order valence-corrected chi connectivity index (χ1v) is 1.32. The van der Waals surface area contributed by atoms with Crippen LogP contribution < -0.4 is 0 Å². The standard InChI is InChI=1S/C2HN3O2/c6-1-3-5-4-2-7/h1H. The molecule has 0 aromatic carbocycles. The Morgan fingerprint density at radius 3 is 2.71 bits per heavy atom. The molecule has 1 amide bonds. The molecule has 5 nitrogen and oxygen atoms in total. The van der Waals surface area contributed by atoms with Gasteiger partial charge in [0.25, 0.3) is 12.5 Å². The lowest BCUT2D eigenvalue weighted by atomic mass is 11.5. The summed E-state index contributed by atoms with van der Waals surface area (Å²) in [6.45, 7) is 0. The van der Waals surface area contributed by atoms with E-state index < -0.39 is 0 Å². The van der Waals surface area contributed by atoms with Crippen LogP contribution in [0.5, 0.6) is 0 Å². The molecule has 36 valence electrons. The molecule has 0 spiro atoms. The van der Waals surface area contributed by atoms with Crippen LogP contribution in [0.1, 0.15) is 0 Å². The Kier molecular flexibility index (Phi) is 3.75. The van der Waals surface area contributed by atoms with Gasteiger partial charge in [0.1, 0.15) is 0 Å². The second-order valence-corrected chi connectivity index (χ2v) is 0.502. The van der Waals surface area contributed by atoms with Gasteiger partial charge in [-0.05, 0) is 10.3 Å². The molecular weight excluding hydrogens is 98.0 g/mol. The molecule has 0 unspecified atom stereocenters. The molecule has 0 aliphatic carbocycles. The highest BCUT2D eigenvalue weighted by atomic mass is 16.1. The minimum absolute atomic E-state index is 0.167. The zero-order valence-electron chi connectivity index (χ0n) is 3.24. The fraction of sp³-hybridized carbons (Fsp3) is 0. The summed E-state index contributed by atoms with van der Waals surface area (Å²) in [5.74, 6) is 0. The molecule has 0 saturated heterocycles. The van der Waals surface area contributed by atoms with Crippen LogP contribution in [0.2, 0.25) is 0 Å². The first kappa shape index (κ1) is 5.65. The quantitative estimate of drug-likeness (QED) is 0.159. The minimum Gasteiger partial charge on any atom is -0.275 e. The van der Waals surface area contributed by atoms with Crippen LogP contribution in [-0.2, 0) is 9.59 Å². The molecule has 0 atom stereocenters. The largest absolute Gasteiger partial charge is 0.275 e. The molecule has 0 aromatic rings. The van der Waals surface area contributed by atoms with Crippen molar-refractivity contribution >= 4 is 12.5 Å². The van der Waals surface area contributed by atoms with E-state index in [4.69, 9.17) is 4.79 Å². The van der Waals surface area contributed by atoms with E-state index >= 15 is 0 Å². The Bertz CT molecular complexity index is 123. The van der Waals surface area contributed by atoms with Gasteiger partial charge in [0.05, 0.1) is 0 Å². The lowest BCUT2D eigenvalue weighted by Gasteiger charge is -1.55. The Morgan fingerprint density at radius 1 is 1.57 bits per heavy atom. The van der Waals surface area contributed by atoms with Gasteiger partial charge >= 0.3 is 0 Å². The lowest BCUT2D eigenvalue weighted by Crippen LogP contribution is -1.53.